The van der Waals surface area contributed by atoms with Crippen LogP contribution in [0.15, 0.2) is 47.6 Å². The number of carbonyl (C=O) groups is 1. The second kappa shape index (κ2) is 10.9. The first-order chi connectivity index (χ1) is 20.8. The van der Waals surface area contributed by atoms with Crippen LogP contribution in [0, 0.1) is 11.3 Å². The molecule has 2 N–H and O–H groups in total. The van der Waals surface area contributed by atoms with Crippen LogP contribution in [-0.2, 0) is 10.0 Å². The molecule has 0 aromatic carbocycles. The number of amides is 1. The van der Waals surface area contributed by atoms with Gasteiger partial charge in [-0.1, -0.05) is 13.0 Å². The third kappa shape index (κ3) is 6.08. The van der Waals surface area contributed by atoms with Crippen LogP contribution in [0.25, 0.3) is 5.82 Å². The highest BCUT2D eigenvalue weighted by atomic mass is 32.2. The van der Waals surface area contributed by atoms with E-state index in [0.29, 0.717) is 42.3 Å². The summed E-state index contributed by atoms with van der Waals surface area (Å²) >= 11 is 0. The maximum absolute atomic E-state index is 13.6. The van der Waals surface area contributed by atoms with Crippen molar-refractivity contribution < 1.29 is 20.7 Å². The average Bonchev–Trinajstić information content (AvgIpc) is 3.43. The van der Waals surface area contributed by atoms with Crippen molar-refractivity contribution in [3.63, 3.8) is 0 Å². The molecule has 1 amide bonds. The summed E-state index contributed by atoms with van der Waals surface area (Å²) in [5.74, 6) is 1.15. The topological polar surface area (TPSA) is 131 Å². The lowest BCUT2D eigenvalue weighted by molar-refractivity contribution is 0.0981. The SMILES string of the molecule is [2H]C([2H])(CCOc1ccn(-c2ccc3c(n2)N2C[C@@H](CCCNc4cccc(n4)S(=O)(=O)NC3=O)CC2(C)C)n1)C1(C)CC1. The maximum atomic E-state index is 13.6. The number of ether oxygens (including phenoxy) is 1. The Kier molecular flexibility index (Phi) is 6.73. The number of anilines is 2. The minimum Gasteiger partial charge on any atom is -0.477 e. The molecule has 0 radical (unpaired) electrons. The smallest absolute Gasteiger partial charge is 0.281 e. The predicted octanol–water partition coefficient (Wildman–Crippen LogP) is 4.55. The van der Waals surface area contributed by atoms with E-state index in [1.165, 1.54) is 10.7 Å². The molecular weight excluding hydrogens is 554 g/mol. The van der Waals surface area contributed by atoms with Crippen molar-refractivity contribution in [2.24, 2.45) is 11.3 Å². The normalized spacial score (nSPS) is 23.3. The predicted molar refractivity (Wildman–Crippen MR) is 160 cm³/mol. The number of pyridine rings is 2. The zero-order valence-electron chi connectivity index (χ0n) is 26.3. The van der Waals surface area contributed by atoms with Crippen molar-refractivity contribution in [1.82, 2.24) is 24.5 Å². The third-order valence-electron chi connectivity index (χ3n) is 8.34. The lowest BCUT2D eigenvalue weighted by Gasteiger charge is -2.34. The van der Waals surface area contributed by atoms with E-state index in [-0.39, 0.29) is 34.6 Å². The van der Waals surface area contributed by atoms with Crippen LogP contribution in [0.1, 0.15) is 78.8 Å². The molecule has 224 valence electrons. The van der Waals surface area contributed by atoms with Gasteiger partial charge in [-0.15, -0.1) is 5.10 Å². The molecular formula is C30H39N7O4S. The number of carbonyl (C=O) groups excluding carboxylic acids is 1. The van der Waals surface area contributed by atoms with E-state index in [0.717, 1.165) is 32.1 Å². The molecule has 0 unspecified atom stereocenters. The van der Waals surface area contributed by atoms with Gasteiger partial charge in [0.25, 0.3) is 15.9 Å². The summed E-state index contributed by atoms with van der Waals surface area (Å²) in [6.07, 6.45) is 5.15. The van der Waals surface area contributed by atoms with Crippen LogP contribution in [-0.4, -0.2) is 59.3 Å². The lowest BCUT2D eigenvalue weighted by atomic mass is 9.93. The maximum Gasteiger partial charge on any atom is 0.281 e. The van der Waals surface area contributed by atoms with Crippen LogP contribution in [0.2, 0.25) is 0 Å². The Labute approximate surface area is 249 Å². The molecule has 3 aromatic rings. The first-order valence-corrected chi connectivity index (χ1v) is 16.0. The van der Waals surface area contributed by atoms with E-state index in [4.69, 9.17) is 12.5 Å². The Morgan fingerprint density at radius 2 is 1.98 bits per heavy atom. The second-order valence-corrected chi connectivity index (χ2v) is 14.0. The van der Waals surface area contributed by atoms with Crippen molar-refractivity contribution in [2.75, 3.05) is 29.9 Å². The van der Waals surface area contributed by atoms with Gasteiger partial charge in [0.15, 0.2) is 10.8 Å². The van der Waals surface area contributed by atoms with Gasteiger partial charge in [0.05, 0.1) is 12.2 Å². The van der Waals surface area contributed by atoms with E-state index in [1.807, 2.05) is 6.92 Å². The molecule has 3 aliphatic rings. The summed E-state index contributed by atoms with van der Waals surface area (Å²) in [5, 5.41) is 7.45. The van der Waals surface area contributed by atoms with Crippen LogP contribution in [0.3, 0.4) is 0 Å². The van der Waals surface area contributed by atoms with Gasteiger partial charge in [0.1, 0.15) is 11.6 Å². The molecule has 6 rings (SSSR count). The summed E-state index contributed by atoms with van der Waals surface area (Å²) in [7, 11) is -4.26. The summed E-state index contributed by atoms with van der Waals surface area (Å²) in [6, 6.07) is 9.53. The Morgan fingerprint density at radius 1 is 1.14 bits per heavy atom. The zero-order valence-corrected chi connectivity index (χ0v) is 25.1. The van der Waals surface area contributed by atoms with E-state index in [9.17, 15) is 13.2 Å². The zero-order chi connectivity index (χ0) is 31.3. The van der Waals surface area contributed by atoms with Crippen molar-refractivity contribution in [3.05, 3.63) is 48.2 Å². The molecule has 42 heavy (non-hydrogen) atoms. The fraction of sp³-hybridized carbons (Fsp3) is 0.533. The monoisotopic (exact) mass is 595 g/mol. The Morgan fingerprint density at radius 3 is 2.79 bits per heavy atom. The molecule has 1 atom stereocenters. The first kappa shape index (κ1) is 26.0. The van der Waals surface area contributed by atoms with Gasteiger partial charge in [-0.2, -0.15) is 8.42 Å². The minimum atomic E-state index is -4.26. The van der Waals surface area contributed by atoms with Gasteiger partial charge in [0.2, 0.25) is 5.88 Å². The fourth-order valence-electron chi connectivity index (χ4n) is 5.79. The highest BCUT2D eigenvalue weighted by Crippen LogP contribution is 2.48. The highest BCUT2D eigenvalue weighted by molar-refractivity contribution is 7.90. The minimum absolute atomic E-state index is 0.134. The molecule has 2 fully saturated rings. The van der Waals surface area contributed by atoms with E-state index >= 15 is 0 Å². The summed E-state index contributed by atoms with van der Waals surface area (Å²) in [6.45, 7) is 7.69. The first-order valence-electron chi connectivity index (χ1n) is 15.5. The fourth-order valence-corrected chi connectivity index (χ4v) is 6.72. The van der Waals surface area contributed by atoms with Gasteiger partial charge in [-0.25, -0.2) is 19.4 Å². The van der Waals surface area contributed by atoms with Crippen molar-refractivity contribution in [2.45, 2.75) is 76.2 Å². The van der Waals surface area contributed by atoms with Crippen molar-refractivity contribution >= 4 is 27.6 Å². The largest absolute Gasteiger partial charge is 0.477 e. The number of hydrogen-bond acceptors (Lipinski definition) is 9. The standard InChI is InChI=1S/C30H39N7O4S/c1-29(2)19-21-7-5-16-31-23-8-4-9-26(32-23)42(39,40)35-28(38)22-10-11-24(33-27(22)36(29)20-21)37-17-12-25(34-37)41-18-6-13-30(3)14-15-30/h4,8-12,17,21H,5-7,13-16,18-20H2,1-3H3,(H,31,32)(H,35,38)/t21-/m0/s1/i13D2. The van der Waals surface area contributed by atoms with E-state index in [2.05, 4.69) is 38.9 Å². The molecule has 5 heterocycles. The number of nitrogens with zero attached hydrogens (tertiary/aromatic N) is 5. The number of nitrogens with one attached hydrogen (secondary N) is 2. The molecule has 11 nitrogen and oxygen atoms in total. The number of rotatable bonds is 6. The van der Waals surface area contributed by atoms with E-state index in [1.54, 1.807) is 36.5 Å². The van der Waals surface area contributed by atoms with Crippen LogP contribution >= 0.6 is 0 Å². The molecule has 1 saturated carbocycles. The van der Waals surface area contributed by atoms with Gasteiger partial charge in [-0.3, -0.25) is 4.79 Å². The molecule has 12 heteroatoms. The summed E-state index contributed by atoms with van der Waals surface area (Å²) in [4.78, 5) is 24.8. The van der Waals surface area contributed by atoms with Gasteiger partial charge in [0, 0.05) is 33.6 Å². The quantitative estimate of drug-likeness (QED) is 0.421. The van der Waals surface area contributed by atoms with Crippen molar-refractivity contribution in [3.8, 4) is 11.7 Å². The number of sulfonamides is 1. The van der Waals surface area contributed by atoms with Gasteiger partial charge < -0.3 is 15.0 Å². The van der Waals surface area contributed by atoms with Gasteiger partial charge in [-0.05, 0) is 94.3 Å². The van der Waals surface area contributed by atoms with Crippen LogP contribution in [0.5, 0.6) is 5.88 Å². The van der Waals surface area contributed by atoms with Crippen LogP contribution < -0.4 is 19.7 Å². The third-order valence-corrected chi connectivity index (χ3v) is 9.58. The number of fused-ring (bicyclic) bond motifs is 6. The van der Waals surface area contributed by atoms with Crippen LogP contribution in [0.4, 0.5) is 11.6 Å². The number of hydrogen-bond donors (Lipinski definition) is 2. The average molecular weight is 596 g/mol. The Balaban J connectivity index is 1.30. The Bertz CT molecular complexity index is 1670. The van der Waals surface area contributed by atoms with Crippen molar-refractivity contribution in [1.29, 1.82) is 0 Å². The molecule has 1 saturated heterocycles. The summed E-state index contributed by atoms with van der Waals surface area (Å²) in [5.41, 5.74) is -0.482. The molecule has 4 bridgehead atoms. The van der Waals surface area contributed by atoms with E-state index < -0.39 is 22.3 Å². The summed E-state index contributed by atoms with van der Waals surface area (Å²) < 4.78 is 52.7. The number of aromatic nitrogens is 4. The second-order valence-electron chi connectivity index (χ2n) is 12.3. The molecule has 2 aliphatic heterocycles. The lowest BCUT2D eigenvalue weighted by Crippen LogP contribution is -2.41. The Hall–Kier alpha value is -3.67. The molecule has 0 spiro atoms. The highest BCUT2D eigenvalue weighted by Gasteiger charge is 2.41. The van der Waals surface area contributed by atoms with Gasteiger partial charge >= 0.3 is 0 Å². The molecule has 3 aromatic heterocycles. The molecule has 1 aliphatic carbocycles.